The van der Waals surface area contributed by atoms with Gasteiger partial charge in [-0.05, 0) is 81.0 Å². The fourth-order valence-electron chi connectivity index (χ4n) is 4.52. The van der Waals surface area contributed by atoms with Gasteiger partial charge in [-0.3, -0.25) is 9.59 Å². The number of sulfonamides is 1. The van der Waals surface area contributed by atoms with Crippen molar-refractivity contribution in [2.45, 2.75) is 50.8 Å². The van der Waals surface area contributed by atoms with Crippen molar-refractivity contribution in [1.82, 2.24) is 4.31 Å². The van der Waals surface area contributed by atoms with Gasteiger partial charge in [0.2, 0.25) is 21.8 Å². The molecule has 4 rings (SSSR count). The Labute approximate surface area is 200 Å². The van der Waals surface area contributed by atoms with Gasteiger partial charge in [0.25, 0.3) is 0 Å². The van der Waals surface area contributed by atoms with Gasteiger partial charge in [0.15, 0.2) is 0 Å². The first-order valence-electron chi connectivity index (χ1n) is 11.4. The van der Waals surface area contributed by atoms with Gasteiger partial charge in [-0.15, -0.1) is 0 Å². The molecule has 0 aromatic heterocycles. The average Bonchev–Trinajstić information content (AvgIpc) is 2.97. The minimum absolute atomic E-state index is 0.156. The van der Waals surface area contributed by atoms with Crippen LogP contribution in [0.3, 0.4) is 0 Å². The molecule has 0 bridgehead atoms. The lowest BCUT2D eigenvalue weighted by Gasteiger charge is -2.29. The molecule has 2 aliphatic heterocycles. The maximum absolute atomic E-state index is 13.8. The second-order valence-electron chi connectivity index (χ2n) is 9.79. The summed E-state index contributed by atoms with van der Waals surface area (Å²) < 4.78 is 41.8. The molecule has 182 valence electrons. The number of anilines is 2. The van der Waals surface area contributed by atoms with Crippen molar-refractivity contribution in [3.63, 3.8) is 0 Å². The van der Waals surface area contributed by atoms with E-state index in [9.17, 15) is 22.4 Å². The van der Waals surface area contributed by atoms with Crippen LogP contribution < -0.4 is 10.2 Å². The molecule has 0 spiro atoms. The summed E-state index contributed by atoms with van der Waals surface area (Å²) >= 11 is 0. The van der Waals surface area contributed by atoms with Crippen LogP contribution in [0.25, 0.3) is 0 Å². The van der Waals surface area contributed by atoms with Crippen molar-refractivity contribution in [3.05, 3.63) is 53.3 Å². The molecule has 2 heterocycles. The summed E-state index contributed by atoms with van der Waals surface area (Å²) in [5, 5.41) is 2.62. The molecule has 0 atom stereocenters. The first-order chi connectivity index (χ1) is 15.9. The fourth-order valence-corrected chi connectivity index (χ4v) is 6.02. The number of benzene rings is 2. The molecule has 0 aliphatic carbocycles. The molecule has 0 unspecified atom stereocenters. The molecule has 1 N–H and O–H groups in total. The lowest BCUT2D eigenvalue weighted by Crippen LogP contribution is -2.40. The van der Waals surface area contributed by atoms with E-state index in [4.69, 9.17) is 0 Å². The van der Waals surface area contributed by atoms with E-state index in [0.29, 0.717) is 41.5 Å². The summed E-state index contributed by atoms with van der Waals surface area (Å²) in [5.74, 6) is -0.703. The van der Waals surface area contributed by atoms with Gasteiger partial charge in [0, 0.05) is 24.5 Å². The Hall–Kier alpha value is -2.78. The van der Waals surface area contributed by atoms with Crippen LogP contribution in [0.5, 0.6) is 0 Å². The molecule has 2 aliphatic rings. The number of hydrogen-bond acceptors (Lipinski definition) is 4. The van der Waals surface area contributed by atoms with E-state index >= 15 is 0 Å². The smallest absolute Gasteiger partial charge is 0.244 e. The van der Waals surface area contributed by atoms with Gasteiger partial charge in [-0.1, -0.05) is 13.0 Å². The zero-order valence-electron chi connectivity index (χ0n) is 19.9. The third-order valence-corrected chi connectivity index (χ3v) is 8.74. The third-order valence-electron chi connectivity index (χ3n) is 6.85. The van der Waals surface area contributed by atoms with E-state index < -0.39 is 27.2 Å². The van der Waals surface area contributed by atoms with Crippen molar-refractivity contribution in [3.8, 4) is 0 Å². The van der Waals surface area contributed by atoms with Gasteiger partial charge >= 0.3 is 0 Å². The molecule has 0 radical (unpaired) electrons. The maximum Gasteiger partial charge on any atom is 0.244 e. The van der Waals surface area contributed by atoms with E-state index in [-0.39, 0.29) is 17.3 Å². The normalized spacial score (nSPS) is 18.7. The van der Waals surface area contributed by atoms with Gasteiger partial charge in [-0.2, -0.15) is 4.31 Å². The Morgan fingerprint density at radius 3 is 2.47 bits per heavy atom. The Bertz CT molecular complexity index is 1250. The molecule has 34 heavy (non-hydrogen) atoms. The van der Waals surface area contributed by atoms with Crippen molar-refractivity contribution >= 4 is 33.2 Å². The van der Waals surface area contributed by atoms with E-state index in [1.807, 2.05) is 0 Å². The number of carbonyl (C=O) groups excluding carboxylic acids is 2. The van der Waals surface area contributed by atoms with Gasteiger partial charge in [0.05, 0.1) is 10.3 Å². The number of rotatable bonds is 5. The molecule has 1 fully saturated rings. The van der Waals surface area contributed by atoms with Gasteiger partial charge in [0.1, 0.15) is 12.4 Å². The second kappa shape index (κ2) is 8.78. The lowest BCUT2D eigenvalue weighted by atomic mass is 9.86. The highest BCUT2D eigenvalue weighted by atomic mass is 32.2. The predicted molar refractivity (Wildman–Crippen MR) is 129 cm³/mol. The highest BCUT2D eigenvalue weighted by molar-refractivity contribution is 7.89. The highest BCUT2D eigenvalue weighted by Gasteiger charge is 2.45. The van der Waals surface area contributed by atoms with Crippen LogP contribution in [-0.2, 0) is 25.0 Å². The molecular formula is C25H30FN3O4S. The third kappa shape index (κ3) is 4.34. The van der Waals surface area contributed by atoms with Crippen molar-refractivity contribution in [1.29, 1.82) is 0 Å². The number of hydrogen-bond donors (Lipinski definition) is 1. The van der Waals surface area contributed by atoms with Gasteiger partial charge < -0.3 is 10.2 Å². The second-order valence-corrected chi connectivity index (χ2v) is 11.7. The summed E-state index contributed by atoms with van der Waals surface area (Å²) in [6, 6.07) is 9.05. The van der Waals surface area contributed by atoms with Crippen molar-refractivity contribution in [2.75, 3.05) is 29.9 Å². The molecule has 7 nitrogen and oxygen atoms in total. The van der Waals surface area contributed by atoms with Crippen LogP contribution in [0.2, 0.25) is 0 Å². The Kier molecular flexibility index (Phi) is 6.29. The van der Waals surface area contributed by atoms with Gasteiger partial charge in [-0.25, -0.2) is 12.8 Å². The molecule has 0 saturated carbocycles. The van der Waals surface area contributed by atoms with Crippen LogP contribution in [0.4, 0.5) is 15.8 Å². The SMILES string of the molecule is Cc1ccc(NC(=O)CN2C(=O)C(C)(C)c3cc(S(=O)(=O)N4CCC(C)CC4)ccc32)cc1F. The molecule has 2 aromatic carbocycles. The largest absolute Gasteiger partial charge is 0.324 e. The van der Waals surface area contributed by atoms with E-state index in [1.165, 1.54) is 21.3 Å². The Morgan fingerprint density at radius 2 is 1.82 bits per heavy atom. The van der Waals surface area contributed by atoms with Crippen LogP contribution in [-0.4, -0.2) is 44.2 Å². The Morgan fingerprint density at radius 1 is 1.15 bits per heavy atom. The minimum atomic E-state index is -3.67. The molecule has 1 saturated heterocycles. The number of aryl methyl sites for hydroxylation is 1. The van der Waals surface area contributed by atoms with Crippen molar-refractivity contribution < 1.29 is 22.4 Å². The van der Waals surface area contributed by atoms with Crippen LogP contribution in [0.1, 0.15) is 44.7 Å². The topological polar surface area (TPSA) is 86.8 Å². The number of piperidine rings is 1. The van der Waals surface area contributed by atoms with Crippen LogP contribution in [0, 0.1) is 18.7 Å². The summed E-state index contributed by atoms with van der Waals surface area (Å²) in [6.45, 7) is 7.89. The summed E-state index contributed by atoms with van der Waals surface area (Å²) in [6.07, 6.45) is 1.64. The minimum Gasteiger partial charge on any atom is -0.324 e. The quantitative estimate of drug-likeness (QED) is 0.695. The first-order valence-corrected chi connectivity index (χ1v) is 12.9. The number of carbonyl (C=O) groups is 2. The van der Waals surface area contributed by atoms with E-state index in [1.54, 1.807) is 45.0 Å². The molecule has 2 amide bonds. The summed E-state index contributed by atoms with van der Waals surface area (Å²) in [7, 11) is -3.67. The molecule has 2 aromatic rings. The first kappa shape index (κ1) is 24.3. The highest BCUT2D eigenvalue weighted by Crippen LogP contribution is 2.43. The average molecular weight is 488 g/mol. The van der Waals surface area contributed by atoms with E-state index in [0.717, 1.165) is 12.8 Å². The number of fused-ring (bicyclic) bond motifs is 1. The van der Waals surface area contributed by atoms with E-state index in [2.05, 4.69) is 12.2 Å². The lowest BCUT2D eigenvalue weighted by molar-refractivity contribution is -0.124. The number of nitrogens with one attached hydrogen (secondary N) is 1. The van der Waals surface area contributed by atoms with Crippen molar-refractivity contribution in [2.24, 2.45) is 5.92 Å². The zero-order chi connectivity index (χ0) is 24.8. The predicted octanol–water partition coefficient (Wildman–Crippen LogP) is 3.82. The monoisotopic (exact) mass is 487 g/mol. The molecule has 9 heteroatoms. The Balaban J connectivity index is 1.58. The molecular weight excluding hydrogens is 457 g/mol. The van der Waals surface area contributed by atoms with Crippen LogP contribution >= 0.6 is 0 Å². The summed E-state index contributed by atoms with van der Waals surface area (Å²) in [4.78, 5) is 27.4. The number of halogens is 1. The maximum atomic E-state index is 13.8. The fraction of sp³-hybridized carbons (Fsp3) is 0.440. The zero-order valence-corrected chi connectivity index (χ0v) is 20.7. The number of nitrogens with zero attached hydrogens (tertiary/aromatic N) is 2. The standard InChI is InChI=1S/C25H30FN3O4S/c1-16-9-11-28(12-10-16)34(32,33)19-7-8-22-20(14-19)25(3,4)24(31)29(22)15-23(30)27-18-6-5-17(2)21(26)13-18/h5-8,13-14,16H,9-12,15H2,1-4H3,(H,27,30). The van der Waals surface area contributed by atoms with Crippen LogP contribution in [0.15, 0.2) is 41.3 Å². The number of amides is 2. The summed E-state index contributed by atoms with van der Waals surface area (Å²) in [5.41, 5.74) is 0.849.